The van der Waals surface area contributed by atoms with E-state index in [1.165, 1.54) is 19.2 Å². The molecule has 0 radical (unpaired) electrons. The fourth-order valence-electron chi connectivity index (χ4n) is 3.45. The van der Waals surface area contributed by atoms with Gasteiger partial charge in [0.05, 0.1) is 25.9 Å². The lowest BCUT2D eigenvalue weighted by Crippen LogP contribution is -2.38. The van der Waals surface area contributed by atoms with Gasteiger partial charge in [0.25, 0.3) is 0 Å². The van der Waals surface area contributed by atoms with Gasteiger partial charge in [-0.15, -0.1) is 0 Å². The van der Waals surface area contributed by atoms with E-state index in [2.05, 4.69) is 0 Å². The fraction of sp³-hybridized carbons (Fsp3) is 0.368. The molecular formula is C19H21F2NO3. The van der Waals surface area contributed by atoms with Crippen LogP contribution in [0.25, 0.3) is 0 Å². The first kappa shape index (κ1) is 17.8. The molecule has 0 aliphatic carbocycles. The number of rotatable bonds is 5. The summed E-state index contributed by atoms with van der Waals surface area (Å²) in [7, 11) is 1.41. The minimum absolute atomic E-state index is 0.160. The number of methoxy groups -OCH3 is 1. The Morgan fingerprint density at radius 3 is 2.52 bits per heavy atom. The number of benzene rings is 2. The molecule has 0 spiro atoms. The van der Waals surface area contributed by atoms with E-state index in [1.54, 1.807) is 30.3 Å². The number of likely N-dealkylation sites (tertiary alicyclic amines) is 1. The zero-order valence-electron chi connectivity index (χ0n) is 13.9. The summed E-state index contributed by atoms with van der Waals surface area (Å²) in [4.78, 5) is 1.84. The quantitative estimate of drug-likeness (QED) is 0.870. The van der Waals surface area contributed by atoms with Crippen LogP contribution in [-0.2, 0) is 6.54 Å². The molecule has 3 atom stereocenters. The minimum atomic E-state index is -0.816. The van der Waals surface area contributed by atoms with Crippen LogP contribution in [0.5, 0.6) is 5.75 Å². The lowest BCUT2D eigenvalue weighted by Gasteiger charge is -2.24. The van der Waals surface area contributed by atoms with Crippen molar-refractivity contribution in [2.45, 2.75) is 24.6 Å². The van der Waals surface area contributed by atoms with Gasteiger partial charge < -0.3 is 14.9 Å². The molecule has 2 aromatic carbocycles. The molecule has 3 rings (SSSR count). The predicted molar refractivity (Wildman–Crippen MR) is 89.4 cm³/mol. The molecule has 25 heavy (non-hydrogen) atoms. The fourth-order valence-corrected chi connectivity index (χ4v) is 3.45. The summed E-state index contributed by atoms with van der Waals surface area (Å²) in [6.45, 7) is 0.433. The van der Waals surface area contributed by atoms with Crippen molar-refractivity contribution in [1.29, 1.82) is 0 Å². The molecule has 0 aromatic heterocycles. The Hall–Kier alpha value is -2.02. The third-order valence-corrected chi connectivity index (χ3v) is 4.83. The van der Waals surface area contributed by atoms with E-state index in [0.29, 0.717) is 12.1 Å². The molecule has 1 saturated heterocycles. The van der Waals surface area contributed by atoms with Gasteiger partial charge in [-0.25, -0.2) is 8.78 Å². The maximum absolute atomic E-state index is 14.4. The predicted octanol–water partition coefficient (Wildman–Crippen LogP) is 2.29. The van der Waals surface area contributed by atoms with E-state index in [1.807, 2.05) is 4.90 Å². The Morgan fingerprint density at radius 1 is 1.16 bits per heavy atom. The molecule has 6 heteroatoms. The third-order valence-electron chi connectivity index (χ3n) is 4.83. The first-order valence-electron chi connectivity index (χ1n) is 8.15. The van der Waals surface area contributed by atoms with Gasteiger partial charge in [-0.1, -0.05) is 24.3 Å². The molecule has 1 heterocycles. The zero-order valence-corrected chi connectivity index (χ0v) is 13.9. The van der Waals surface area contributed by atoms with E-state index in [0.717, 1.165) is 5.56 Å². The van der Waals surface area contributed by atoms with E-state index >= 15 is 0 Å². The Morgan fingerprint density at radius 2 is 1.88 bits per heavy atom. The summed E-state index contributed by atoms with van der Waals surface area (Å²) in [5, 5.41) is 20.3. The summed E-state index contributed by atoms with van der Waals surface area (Å²) in [5.74, 6) is -0.897. The summed E-state index contributed by atoms with van der Waals surface area (Å²) in [6, 6.07) is 10.4. The molecule has 0 saturated carbocycles. The number of aliphatic hydroxyl groups is 2. The van der Waals surface area contributed by atoms with Gasteiger partial charge in [-0.3, -0.25) is 4.90 Å². The first-order valence-corrected chi connectivity index (χ1v) is 8.15. The Labute approximate surface area is 145 Å². The summed E-state index contributed by atoms with van der Waals surface area (Å²) in [6.07, 6.45) is -0.816. The summed E-state index contributed by atoms with van der Waals surface area (Å²) >= 11 is 0. The van der Waals surface area contributed by atoms with Crippen LogP contribution in [-0.4, -0.2) is 47.5 Å². The summed E-state index contributed by atoms with van der Waals surface area (Å²) in [5.41, 5.74) is 1.23. The van der Waals surface area contributed by atoms with Gasteiger partial charge in [0.15, 0.2) is 11.6 Å². The number of nitrogens with zero attached hydrogens (tertiary/aromatic N) is 1. The van der Waals surface area contributed by atoms with Crippen molar-refractivity contribution in [3.63, 3.8) is 0 Å². The van der Waals surface area contributed by atoms with Gasteiger partial charge in [0.2, 0.25) is 0 Å². The van der Waals surface area contributed by atoms with Gasteiger partial charge in [0.1, 0.15) is 5.82 Å². The summed E-state index contributed by atoms with van der Waals surface area (Å²) < 4.78 is 32.5. The van der Waals surface area contributed by atoms with Gasteiger partial charge in [0, 0.05) is 24.6 Å². The lowest BCUT2D eigenvalue weighted by molar-refractivity contribution is 0.0636. The van der Waals surface area contributed by atoms with Crippen molar-refractivity contribution in [2.75, 3.05) is 20.3 Å². The molecular weight excluding hydrogens is 328 g/mol. The van der Waals surface area contributed by atoms with Crippen molar-refractivity contribution in [2.24, 2.45) is 0 Å². The molecule has 2 aromatic rings. The van der Waals surface area contributed by atoms with E-state index in [4.69, 9.17) is 4.74 Å². The molecule has 1 fully saturated rings. The van der Waals surface area contributed by atoms with Crippen molar-refractivity contribution in [1.82, 2.24) is 4.90 Å². The smallest absolute Gasteiger partial charge is 0.169 e. The second-order valence-corrected chi connectivity index (χ2v) is 6.26. The second kappa shape index (κ2) is 7.47. The van der Waals surface area contributed by atoms with Crippen LogP contribution in [0.2, 0.25) is 0 Å². The SMILES string of the molecule is COc1cccc(CN2C[C@H](c3ccc(F)cc3)[C@@H](O)[C@H]2CO)c1F. The number of halogens is 2. The minimum Gasteiger partial charge on any atom is -0.494 e. The van der Waals surface area contributed by atoms with Crippen molar-refractivity contribution in [3.05, 3.63) is 65.2 Å². The van der Waals surface area contributed by atoms with Gasteiger partial charge >= 0.3 is 0 Å². The Kier molecular flexibility index (Phi) is 5.32. The topological polar surface area (TPSA) is 52.9 Å². The maximum Gasteiger partial charge on any atom is 0.169 e. The van der Waals surface area contributed by atoms with Crippen LogP contribution in [0.4, 0.5) is 8.78 Å². The normalized spacial score (nSPS) is 23.8. The highest BCUT2D eigenvalue weighted by atomic mass is 19.1. The molecule has 4 nitrogen and oxygen atoms in total. The molecule has 0 amide bonds. The van der Waals surface area contributed by atoms with Crippen LogP contribution in [0.3, 0.4) is 0 Å². The number of hydrogen-bond acceptors (Lipinski definition) is 4. The third kappa shape index (κ3) is 3.51. The Balaban J connectivity index is 1.83. The molecule has 1 aliphatic heterocycles. The van der Waals surface area contributed by atoms with Crippen LogP contribution >= 0.6 is 0 Å². The second-order valence-electron chi connectivity index (χ2n) is 6.26. The van der Waals surface area contributed by atoms with E-state index in [-0.39, 0.29) is 30.6 Å². The number of ether oxygens (including phenoxy) is 1. The largest absolute Gasteiger partial charge is 0.494 e. The molecule has 134 valence electrons. The van der Waals surface area contributed by atoms with Crippen molar-refractivity contribution in [3.8, 4) is 5.75 Å². The standard InChI is InChI=1S/C19H21F2NO3/c1-25-17-4-2-3-13(18(17)21)9-22-10-15(19(24)16(22)11-23)12-5-7-14(20)8-6-12/h2-8,15-16,19,23-24H,9-11H2,1H3/t15-,16-,19-/m1/s1. The van der Waals surface area contributed by atoms with Crippen LogP contribution in [0, 0.1) is 11.6 Å². The monoisotopic (exact) mass is 349 g/mol. The average molecular weight is 349 g/mol. The van der Waals surface area contributed by atoms with Crippen molar-refractivity contribution < 1.29 is 23.7 Å². The van der Waals surface area contributed by atoms with Gasteiger partial charge in [-0.2, -0.15) is 0 Å². The number of hydrogen-bond donors (Lipinski definition) is 2. The average Bonchev–Trinajstić information content (AvgIpc) is 2.93. The van der Waals surface area contributed by atoms with Crippen molar-refractivity contribution >= 4 is 0 Å². The van der Waals surface area contributed by atoms with Crippen LogP contribution < -0.4 is 4.74 Å². The van der Waals surface area contributed by atoms with E-state index in [9.17, 15) is 19.0 Å². The Bertz CT molecular complexity index is 723. The lowest BCUT2D eigenvalue weighted by atomic mass is 9.94. The number of aliphatic hydroxyl groups excluding tert-OH is 2. The maximum atomic E-state index is 14.4. The van der Waals surface area contributed by atoms with Crippen LogP contribution in [0.15, 0.2) is 42.5 Å². The van der Waals surface area contributed by atoms with Gasteiger partial charge in [-0.05, 0) is 23.8 Å². The highest BCUT2D eigenvalue weighted by Gasteiger charge is 2.41. The molecule has 0 unspecified atom stereocenters. The van der Waals surface area contributed by atoms with E-state index < -0.39 is 18.0 Å². The molecule has 2 N–H and O–H groups in total. The molecule has 1 aliphatic rings. The first-order chi connectivity index (χ1) is 12.0. The van der Waals surface area contributed by atoms with Crippen LogP contribution in [0.1, 0.15) is 17.0 Å². The highest BCUT2D eigenvalue weighted by Crippen LogP contribution is 2.34. The zero-order chi connectivity index (χ0) is 18.0. The highest BCUT2D eigenvalue weighted by molar-refractivity contribution is 5.32. The molecule has 0 bridgehead atoms.